The minimum Gasteiger partial charge on any atom is -0.481 e. The Bertz CT molecular complexity index is 512. The number of aliphatic carboxylic acids is 1. The summed E-state index contributed by atoms with van der Waals surface area (Å²) in [5.74, 6) is -3.14. The van der Waals surface area contributed by atoms with E-state index in [1.165, 1.54) is 6.07 Å². The van der Waals surface area contributed by atoms with E-state index in [0.29, 0.717) is 0 Å². The minimum absolute atomic E-state index is 0.0145. The van der Waals surface area contributed by atoms with Crippen molar-refractivity contribution in [2.75, 3.05) is 11.4 Å². The van der Waals surface area contributed by atoms with Crippen LogP contribution in [0, 0.1) is 11.7 Å². The second-order valence-corrected chi connectivity index (χ2v) is 4.81. The fourth-order valence-corrected chi connectivity index (χ4v) is 2.45. The number of hydrogen-bond donors (Lipinski definition) is 1. The fraction of sp³-hybridized carbons (Fsp3) is 0.273. The van der Waals surface area contributed by atoms with Gasteiger partial charge < -0.3 is 10.0 Å². The van der Waals surface area contributed by atoms with Crippen molar-refractivity contribution in [3.8, 4) is 0 Å². The Kier molecular flexibility index (Phi) is 3.45. The van der Waals surface area contributed by atoms with Gasteiger partial charge in [-0.05, 0) is 12.1 Å². The van der Waals surface area contributed by atoms with Gasteiger partial charge in [-0.2, -0.15) is 0 Å². The van der Waals surface area contributed by atoms with Crippen molar-refractivity contribution in [3.05, 3.63) is 28.0 Å². The maximum Gasteiger partial charge on any atom is 0.308 e. The Balaban J connectivity index is 2.39. The summed E-state index contributed by atoms with van der Waals surface area (Å²) in [6.45, 7) is -0.0908. The molecule has 1 aromatic carbocycles. The molecule has 0 spiro atoms. The average Bonchev–Trinajstić information content (AvgIpc) is 2.59. The van der Waals surface area contributed by atoms with Crippen molar-refractivity contribution in [2.24, 2.45) is 5.92 Å². The molecule has 7 heteroatoms. The van der Waals surface area contributed by atoms with Crippen LogP contribution in [0.4, 0.5) is 10.1 Å². The monoisotopic (exact) mass is 291 g/mol. The normalized spacial score (nSPS) is 19.4. The highest BCUT2D eigenvalue weighted by molar-refractivity contribution is 6.36. The molecule has 18 heavy (non-hydrogen) atoms. The standard InChI is InChI=1S/C11H8Cl2FNO3/c12-6-2-7(13)10(8(14)3-6)15-4-5(11(17)18)1-9(15)16/h2-3,5H,1,4H2,(H,17,18). The quantitative estimate of drug-likeness (QED) is 0.911. The number of nitrogens with zero attached hydrogens (tertiary/aromatic N) is 1. The first-order valence-electron chi connectivity index (χ1n) is 5.08. The molecule has 0 aromatic heterocycles. The summed E-state index contributed by atoms with van der Waals surface area (Å²) in [7, 11) is 0. The van der Waals surface area contributed by atoms with Gasteiger partial charge in [0.05, 0.1) is 16.6 Å². The molecule has 1 heterocycles. The molecule has 4 nitrogen and oxygen atoms in total. The van der Waals surface area contributed by atoms with Gasteiger partial charge >= 0.3 is 5.97 Å². The lowest BCUT2D eigenvalue weighted by molar-refractivity contribution is -0.141. The van der Waals surface area contributed by atoms with Crippen LogP contribution in [-0.4, -0.2) is 23.5 Å². The summed E-state index contributed by atoms with van der Waals surface area (Å²) >= 11 is 11.5. The number of carbonyl (C=O) groups is 2. The van der Waals surface area contributed by atoms with Gasteiger partial charge in [0.15, 0.2) is 0 Å². The number of carboxylic acid groups (broad SMARTS) is 1. The van der Waals surface area contributed by atoms with Gasteiger partial charge in [0.1, 0.15) is 5.82 Å². The third-order valence-electron chi connectivity index (χ3n) is 2.73. The molecular formula is C11H8Cl2FNO3. The number of benzene rings is 1. The van der Waals surface area contributed by atoms with E-state index in [1.807, 2.05) is 0 Å². The molecule has 0 saturated carbocycles. The van der Waals surface area contributed by atoms with E-state index in [0.717, 1.165) is 11.0 Å². The lowest BCUT2D eigenvalue weighted by Gasteiger charge is -2.18. The van der Waals surface area contributed by atoms with Gasteiger partial charge in [0.2, 0.25) is 5.91 Å². The van der Waals surface area contributed by atoms with Crippen LogP contribution in [0.15, 0.2) is 12.1 Å². The van der Waals surface area contributed by atoms with Crippen LogP contribution in [0.1, 0.15) is 6.42 Å². The van der Waals surface area contributed by atoms with Gasteiger partial charge in [-0.1, -0.05) is 23.2 Å². The maximum absolute atomic E-state index is 13.8. The molecule has 1 aromatic rings. The second-order valence-electron chi connectivity index (χ2n) is 3.96. The first-order chi connectivity index (χ1) is 8.40. The van der Waals surface area contributed by atoms with E-state index in [-0.39, 0.29) is 28.7 Å². The van der Waals surface area contributed by atoms with Crippen LogP contribution >= 0.6 is 23.2 Å². The Hall–Kier alpha value is -1.33. The van der Waals surface area contributed by atoms with E-state index in [9.17, 15) is 14.0 Å². The Morgan fingerprint density at radius 1 is 1.44 bits per heavy atom. The van der Waals surface area contributed by atoms with Crippen molar-refractivity contribution in [1.82, 2.24) is 0 Å². The molecular weight excluding hydrogens is 284 g/mol. The number of rotatable bonds is 2. The molecule has 1 atom stereocenters. The summed E-state index contributed by atoms with van der Waals surface area (Å²) in [6, 6.07) is 2.34. The molecule has 1 saturated heterocycles. The molecule has 2 rings (SSSR count). The zero-order valence-corrected chi connectivity index (χ0v) is 10.5. The van der Waals surface area contributed by atoms with Crippen LogP contribution in [-0.2, 0) is 9.59 Å². The largest absolute Gasteiger partial charge is 0.481 e. The number of halogens is 3. The van der Waals surface area contributed by atoms with Gasteiger partial charge in [-0.25, -0.2) is 4.39 Å². The summed E-state index contributed by atoms with van der Waals surface area (Å²) in [5, 5.41) is 8.95. The molecule has 1 aliphatic heterocycles. The first kappa shape index (κ1) is 13.1. The minimum atomic E-state index is -1.09. The molecule has 0 radical (unpaired) electrons. The lowest BCUT2D eigenvalue weighted by atomic mass is 10.1. The number of carboxylic acids is 1. The zero-order valence-electron chi connectivity index (χ0n) is 8.99. The summed E-state index contributed by atoms with van der Waals surface area (Å²) in [6.07, 6.45) is -0.159. The molecule has 1 N–H and O–H groups in total. The van der Waals surface area contributed by atoms with E-state index in [4.69, 9.17) is 28.3 Å². The van der Waals surface area contributed by atoms with Crippen molar-refractivity contribution >= 4 is 40.8 Å². The maximum atomic E-state index is 13.8. The summed E-state index contributed by atoms with van der Waals surface area (Å²) in [5.41, 5.74) is -0.116. The third kappa shape index (κ3) is 2.28. The van der Waals surface area contributed by atoms with Crippen molar-refractivity contribution < 1.29 is 19.1 Å². The van der Waals surface area contributed by atoms with E-state index in [1.54, 1.807) is 0 Å². The molecule has 1 unspecified atom stereocenters. The van der Waals surface area contributed by atoms with E-state index >= 15 is 0 Å². The number of amides is 1. The number of hydrogen-bond acceptors (Lipinski definition) is 2. The number of anilines is 1. The van der Waals surface area contributed by atoms with Crippen LogP contribution < -0.4 is 4.90 Å². The van der Waals surface area contributed by atoms with Crippen LogP contribution in [0.2, 0.25) is 10.0 Å². The predicted octanol–water partition coefficient (Wildman–Crippen LogP) is 2.57. The van der Waals surface area contributed by atoms with Gasteiger partial charge in [0, 0.05) is 18.0 Å². The van der Waals surface area contributed by atoms with Gasteiger partial charge in [-0.3, -0.25) is 9.59 Å². The highest BCUT2D eigenvalue weighted by Gasteiger charge is 2.37. The van der Waals surface area contributed by atoms with Crippen molar-refractivity contribution in [1.29, 1.82) is 0 Å². The predicted molar refractivity (Wildman–Crippen MR) is 64.5 cm³/mol. The first-order valence-corrected chi connectivity index (χ1v) is 5.83. The Morgan fingerprint density at radius 2 is 2.11 bits per heavy atom. The van der Waals surface area contributed by atoms with Crippen LogP contribution in [0.25, 0.3) is 0 Å². The average molecular weight is 292 g/mol. The summed E-state index contributed by atoms with van der Waals surface area (Å²) in [4.78, 5) is 23.6. The lowest BCUT2D eigenvalue weighted by Crippen LogP contribution is -2.27. The topological polar surface area (TPSA) is 57.6 Å². The zero-order chi connectivity index (χ0) is 13.4. The third-order valence-corrected chi connectivity index (χ3v) is 3.23. The molecule has 96 valence electrons. The highest BCUT2D eigenvalue weighted by atomic mass is 35.5. The van der Waals surface area contributed by atoms with E-state index < -0.39 is 23.6 Å². The van der Waals surface area contributed by atoms with E-state index in [2.05, 4.69) is 0 Å². The molecule has 1 aliphatic rings. The van der Waals surface area contributed by atoms with Crippen LogP contribution in [0.5, 0.6) is 0 Å². The molecule has 0 aliphatic carbocycles. The van der Waals surface area contributed by atoms with Gasteiger partial charge in [0.25, 0.3) is 0 Å². The SMILES string of the molecule is O=C(O)C1CC(=O)N(c2c(F)cc(Cl)cc2Cl)C1. The smallest absolute Gasteiger partial charge is 0.308 e. The molecule has 0 bridgehead atoms. The Labute approximate surface area is 112 Å². The summed E-state index contributed by atoms with van der Waals surface area (Å²) < 4.78 is 13.8. The van der Waals surface area contributed by atoms with Crippen molar-refractivity contribution in [3.63, 3.8) is 0 Å². The van der Waals surface area contributed by atoms with Gasteiger partial charge in [-0.15, -0.1) is 0 Å². The molecule has 1 amide bonds. The van der Waals surface area contributed by atoms with Crippen molar-refractivity contribution in [2.45, 2.75) is 6.42 Å². The highest BCUT2D eigenvalue weighted by Crippen LogP contribution is 2.35. The fourth-order valence-electron chi connectivity index (χ4n) is 1.88. The Morgan fingerprint density at radius 3 is 2.61 bits per heavy atom. The van der Waals surface area contributed by atoms with Crippen LogP contribution in [0.3, 0.4) is 0 Å². The molecule has 1 fully saturated rings. The number of carbonyl (C=O) groups excluding carboxylic acids is 1. The second kappa shape index (κ2) is 4.74.